The van der Waals surface area contributed by atoms with Crippen molar-refractivity contribution >= 4 is 11.6 Å². The summed E-state index contributed by atoms with van der Waals surface area (Å²) in [5, 5.41) is 0.175. The fourth-order valence-corrected chi connectivity index (χ4v) is 2.61. The Morgan fingerprint density at radius 2 is 2.31 bits per heavy atom. The van der Waals surface area contributed by atoms with Gasteiger partial charge >= 0.3 is 0 Å². The van der Waals surface area contributed by atoms with Gasteiger partial charge in [-0.2, -0.15) is 0 Å². The molecule has 0 amide bonds. The van der Waals surface area contributed by atoms with Gasteiger partial charge in [-0.1, -0.05) is 17.7 Å². The summed E-state index contributed by atoms with van der Waals surface area (Å²) in [6.07, 6.45) is 1.07. The van der Waals surface area contributed by atoms with Crippen LogP contribution in [0.1, 0.15) is 18.0 Å². The highest BCUT2D eigenvalue weighted by molar-refractivity contribution is 6.30. The highest BCUT2D eigenvalue weighted by Crippen LogP contribution is 2.36. The molecule has 2 N–H and O–H groups in total. The predicted molar refractivity (Wildman–Crippen MR) is 63.9 cm³/mol. The normalized spacial score (nSPS) is 26.2. The van der Waals surface area contributed by atoms with Crippen LogP contribution in [0.4, 0.5) is 4.39 Å². The van der Waals surface area contributed by atoms with Crippen LogP contribution in [0.25, 0.3) is 0 Å². The van der Waals surface area contributed by atoms with Gasteiger partial charge in [0.1, 0.15) is 5.82 Å². The van der Waals surface area contributed by atoms with Crippen LogP contribution < -0.4 is 5.73 Å². The number of hydrogen-bond acceptors (Lipinski definition) is 2. The molecule has 2 atom stereocenters. The molecule has 1 aromatic carbocycles. The van der Waals surface area contributed by atoms with E-state index in [-0.39, 0.29) is 16.9 Å². The summed E-state index contributed by atoms with van der Waals surface area (Å²) in [7, 11) is 2.05. The van der Waals surface area contributed by atoms with E-state index in [1.165, 1.54) is 6.07 Å². The molecule has 2 nitrogen and oxygen atoms in total. The van der Waals surface area contributed by atoms with E-state index in [1.807, 2.05) is 13.1 Å². The summed E-state index contributed by atoms with van der Waals surface area (Å²) in [4.78, 5) is 2.22. The molecule has 1 aliphatic rings. The van der Waals surface area contributed by atoms with E-state index in [2.05, 4.69) is 4.90 Å². The van der Waals surface area contributed by atoms with E-state index in [1.54, 1.807) is 6.07 Å². The fourth-order valence-electron chi connectivity index (χ4n) is 2.50. The zero-order valence-corrected chi connectivity index (χ0v) is 10.0. The van der Waals surface area contributed by atoms with E-state index in [0.717, 1.165) is 18.5 Å². The lowest BCUT2D eigenvalue weighted by atomic mass is 9.94. The smallest absolute Gasteiger partial charge is 0.142 e. The van der Waals surface area contributed by atoms with Crippen molar-refractivity contribution in [2.24, 2.45) is 11.7 Å². The first kappa shape index (κ1) is 11.8. The van der Waals surface area contributed by atoms with E-state index in [4.69, 9.17) is 17.3 Å². The summed E-state index contributed by atoms with van der Waals surface area (Å²) >= 11 is 5.68. The molecule has 1 saturated heterocycles. The Morgan fingerprint density at radius 3 is 2.94 bits per heavy atom. The van der Waals surface area contributed by atoms with Crippen LogP contribution in [0.2, 0.25) is 5.02 Å². The molecule has 0 unspecified atom stereocenters. The van der Waals surface area contributed by atoms with Crippen LogP contribution in [0.15, 0.2) is 18.2 Å². The maximum Gasteiger partial charge on any atom is 0.142 e. The summed E-state index contributed by atoms with van der Waals surface area (Å²) < 4.78 is 13.4. The molecule has 1 aliphatic heterocycles. The topological polar surface area (TPSA) is 29.3 Å². The maximum absolute atomic E-state index is 13.4. The molecule has 0 saturated carbocycles. The highest BCUT2D eigenvalue weighted by Gasteiger charge is 2.32. The highest BCUT2D eigenvalue weighted by atomic mass is 35.5. The first-order valence-electron chi connectivity index (χ1n) is 5.48. The Bertz CT molecular complexity index is 383. The number of nitrogens with two attached hydrogens (primary N) is 1. The first-order valence-corrected chi connectivity index (χ1v) is 5.86. The van der Waals surface area contributed by atoms with Gasteiger partial charge in [0.15, 0.2) is 0 Å². The third-order valence-electron chi connectivity index (χ3n) is 3.36. The van der Waals surface area contributed by atoms with Gasteiger partial charge < -0.3 is 5.73 Å². The number of benzene rings is 1. The van der Waals surface area contributed by atoms with Gasteiger partial charge in [-0.05, 0) is 50.2 Å². The summed E-state index contributed by atoms with van der Waals surface area (Å²) in [5.41, 5.74) is 6.72. The lowest BCUT2D eigenvalue weighted by molar-refractivity contribution is 0.279. The van der Waals surface area contributed by atoms with Gasteiger partial charge in [0, 0.05) is 6.04 Å². The van der Waals surface area contributed by atoms with Crippen molar-refractivity contribution in [3.8, 4) is 0 Å². The predicted octanol–water partition coefficient (Wildman–Crippen LogP) is 2.43. The standard InChI is InChI=1S/C12H16ClFN2/c1-16-5-4-9(7-15)12(16)8-2-3-10(13)11(14)6-8/h2-3,6,9,12H,4-5,7,15H2,1H3/t9-,12-/m1/s1. The molecule has 2 rings (SSSR count). The Balaban J connectivity index is 2.31. The minimum Gasteiger partial charge on any atom is -0.330 e. The Labute approximate surface area is 100 Å². The molecular weight excluding hydrogens is 227 g/mol. The molecule has 88 valence electrons. The fraction of sp³-hybridized carbons (Fsp3) is 0.500. The van der Waals surface area contributed by atoms with Crippen LogP contribution >= 0.6 is 11.6 Å². The monoisotopic (exact) mass is 242 g/mol. The van der Waals surface area contributed by atoms with Crippen molar-refractivity contribution in [2.45, 2.75) is 12.5 Å². The maximum atomic E-state index is 13.4. The van der Waals surface area contributed by atoms with Crippen molar-refractivity contribution in [2.75, 3.05) is 20.1 Å². The third-order valence-corrected chi connectivity index (χ3v) is 3.67. The lowest BCUT2D eigenvalue weighted by Gasteiger charge is -2.24. The van der Waals surface area contributed by atoms with Gasteiger partial charge in [-0.3, -0.25) is 4.90 Å². The van der Waals surface area contributed by atoms with Gasteiger partial charge in [0.05, 0.1) is 5.02 Å². The zero-order valence-electron chi connectivity index (χ0n) is 9.29. The Kier molecular flexibility index (Phi) is 3.47. The molecule has 1 fully saturated rings. The van der Waals surface area contributed by atoms with Crippen LogP contribution in [-0.2, 0) is 0 Å². The molecule has 0 bridgehead atoms. The minimum absolute atomic E-state index is 0.175. The third kappa shape index (κ3) is 2.08. The summed E-state index contributed by atoms with van der Waals surface area (Å²) in [5.74, 6) is 0.0563. The molecule has 16 heavy (non-hydrogen) atoms. The Morgan fingerprint density at radius 1 is 1.56 bits per heavy atom. The van der Waals surface area contributed by atoms with Crippen LogP contribution in [-0.4, -0.2) is 25.0 Å². The van der Waals surface area contributed by atoms with E-state index in [0.29, 0.717) is 12.5 Å². The SMILES string of the molecule is CN1CC[C@H](CN)[C@H]1c1ccc(Cl)c(F)c1. The molecule has 0 radical (unpaired) electrons. The van der Waals surface area contributed by atoms with E-state index < -0.39 is 0 Å². The van der Waals surface area contributed by atoms with Gasteiger partial charge in [0.2, 0.25) is 0 Å². The average molecular weight is 243 g/mol. The number of hydrogen-bond donors (Lipinski definition) is 1. The first-order chi connectivity index (χ1) is 7.63. The van der Waals surface area contributed by atoms with Gasteiger partial charge in [-0.25, -0.2) is 4.39 Å². The summed E-state index contributed by atoms with van der Waals surface area (Å²) in [6, 6.07) is 5.25. The van der Waals surface area contributed by atoms with Crippen molar-refractivity contribution in [3.05, 3.63) is 34.6 Å². The quantitative estimate of drug-likeness (QED) is 0.863. The van der Waals surface area contributed by atoms with Gasteiger partial charge in [0.25, 0.3) is 0 Å². The van der Waals surface area contributed by atoms with Crippen molar-refractivity contribution in [1.82, 2.24) is 4.90 Å². The van der Waals surface area contributed by atoms with Crippen LogP contribution in [0.3, 0.4) is 0 Å². The second-order valence-corrected chi connectivity index (χ2v) is 4.79. The summed E-state index contributed by atoms with van der Waals surface area (Å²) in [6.45, 7) is 1.65. The lowest BCUT2D eigenvalue weighted by Crippen LogP contribution is -2.25. The second-order valence-electron chi connectivity index (χ2n) is 4.38. The second kappa shape index (κ2) is 4.70. The number of halogens is 2. The Hall–Kier alpha value is -0.640. The molecular formula is C12H16ClFN2. The number of nitrogens with zero attached hydrogens (tertiary/aromatic N) is 1. The molecule has 0 aromatic heterocycles. The van der Waals surface area contributed by atoms with Crippen LogP contribution in [0.5, 0.6) is 0 Å². The zero-order chi connectivity index (χ0) is 11.7. The molecule has 1 heterocycles. The molecule has 0 spiro atoms. The van der Waals surface area contributed by atoms with Crippen LogP contribution in [0, 0.1) is 11.7 Å². The largest absolute Gasteiger partial charge is 0.330 e. The number of rotatable bonds is 2. The average Bonchev–Trinajstić information content (AvgIpc) is 2.64. The van der Waals surface area contributed by atoms with Gasteiger partial charge in [-0.15, -0.1) is 0 Å². The van der Waals surface area contributed by atoms with E-state index in [9.17, 15) is 4.39 Å². The number of likely N-dealkylation sites (tertiary alicyclic amines) is 1. The minimum atomic E-state index is -0.352. The van der Waals surface area contributed by atoms with Crippen molar-refractivity contribution < 1.29 is 4.39 Å². The molecule has 4 heteroatoms. The molecule has 0 aliphatic carbocycles. The van der Waals surface area contributed by atoms with Crippen molar-refractivity contribution in [3.63, 3.8) is 0 Å². The van der Waals surface area contributed by atoms with E-state index >= 15 is 0 Å². The molecule has 1 aromatic rings. The van der Waals surface area contributed by atoms with Crippen molar-refractivity contribution in [1.29, 1.82) is 0 Å².